The van der Waals surface area contributed by atoms with Gasteiger partial charge in [0.05, 0.1) is 0 Å². The van der Waals surface area contributed by atoms with Gasteiger partial charge < -0.3 is 0 Å². The molecule has 2 rings (SSSR count). The molecule has 0 aliphatic heterocycles. The Morgan fingerprint density at radius 3 is 2.47 bits per heavy atom. The quantitative estimate of drug-likeness (QED) is 0.669. The lowest BCUT2D eigenvalue weighted by Crippen LogP contribution is -1.86. The van der Waals surface area contributed by atoms with Crippen molar-refractivity contribution >= 4 is 12.7 Å². The van der Waals surface area contributed by atoms with E-state index >= 15 is 0 Å². The Morgan fingerprint density at radius 1 is 1.06 bits per heavy atom. The summed E-state index contributed by atoms with van der Waals surface area (Å²) in [4.78, 5) is 0. The second-order valence-corrected chi connectivity index (χ2v) is 8.64. The van der Waals surface area contributed by atoms with E-state index in [1.165, 1.54) is 11.1 Å². The van der Waals surface area contributed by atoms with Crippen LogP contribution in [0.2, 0.25) is 0 Å². The summed E-state index contributed by atoms with van der Waals surface area (Å²) in [5.41, 5.74) is 2.77. The highest BCUT2D eigenvalue weighted by Crippen LogP contribution is 2.42. The maximum absolute atomic E-state index is 2.46. The Morgan fingerprint density at radius 2 is 1.82 bits per heavy atom. The molecule has 1 aliphatic rings. The zero-order chi connectivity index (χ0) is 12.1. The molecule has 17 heavy (non-hydrogen) atoms. The van der Waals surface area contributed by atoms with Gasteiger partial charge in [-0.25, -0.2) is 0 Å². The molecule has 0 radical (unpaired) electrons. The predicted molar refractivity (Wildman–Crippen MR) is 81.4 cm³/mol. The summed E-state index contributed by atoms with van der Waals surface area (Å²) >= 11 is 0. The van der Waals surface area contributed by atoms with Crippen molar-refractivity contribution in [2.75, 3.05) is 13.3 Å². The van der Waals surface area contributed by atoms with E-state index in [0.717, 1.165) is 6.42 Å². The summed E-state index contributed by atoms with van der Waals surface area (Å²) in [6.45, 7) is 3.62. The maximum Gasteiger partial charge on any atom is -0.00939 e. The van der Waals surface area contributed by atoms with Crippen molar-refractivity contribution in [3.8, 4) is 0 Å². The molecule has 88 valence electrons. The van der Waals surface area contributed by atoms with Crippen molar-refractivity contribution in [3.05, 3.63) is 71.6 Å². The van der Waals surface area contributed by atoms with Crippen LogP contribution in [0.25, 0.3) is 0 Å². The van der Waals surface area contributed by atoms with Crippen molar-refractivity contribution in [1.29, 1.82) is 0 Å². The molecule has 0 unspecified atom stereocenters. The van der Waals surface area contributed by atoms with Gasteiger partial charge in [-0.1, -0.05) is 73.1 Å². The van der Waals surface area contributed by atoms with Gasteiger partial charge in [0.2, 0.25) is 0 Å². The van der Waals surface area contributed by atoms with Crippen molar-refractivity contribution in [3.63, 3.8) is 0 Å². The first-order valence-electron chi connectivity index (χ1n) is 5.95. The highest BCUT2D eigenvalue weighted by Gasteiger charge is 2.02. The fraction of sp³-hybridized carbons (Fsp3) is 0.188. The molecule has 0 bridgehead atoms. The zero-order valence-corrected chi connectivity index (χ0v) is 11.4. The lowest BCUT2D eigenvalue weighted by molar-refractivity contribution is 1.27. The van der Waals surface area contributed by atoms with Gasteiger partial charge in [0.15, 0.2) is 0 Å². The largest absolute Gasteiger partial charge is 0.0897 e. The van der Waals surface area contributed by atoms with Crippen molar-refractivity contribution < 1.29 is 0 Å². The van der Waals surface area contributed by atoms with Crippen LogP contribution >= 0.6 is 6.89 Å². The minimum Gasteiger partial charge on any atom is -0.0897 e. The van der Waals surface area contributed by atoms with Crippen LogP contribution in [0.5, 0.6) is 0 Å². The van der Waals surface area contributed by atoms with Gasteiger partial charge in [0.1, 0.15) is 0 Å². The first kappa shape index (κ1) is 12.2. The molecule has 1 aliphatic carbocycles. The van der Waals surface area contributed by atoms with Gasteiger partial charge in [-0.2, -0.15) is 0 Å². The molecule has 1 aromatic rings. The molecule has 1 aromatic carbocycles. The smallest absolute Gasteiger partial charge is 0.00939 e. The molecule has 0 atom stereocenters. The number of hydrogen-bond acceptors (Lipinski definition) is 0. The maximum atomic E-state index is 2.46. The molecule has 0 spiro atoms. The number of rotatable bonds is 2. The van der Waals surface area contributed by atoms with Gasteiger partial charge in [-0.3, -0.25) is 0 Å². The third kappa shape index (κ3) is 3.91. The first-order chi connectivity index (χ1) is 8.16. The van der Waals surface area contributed by atoms with E-state index in [1.54, 1.807) is 0 Å². The van der Waals surface area contributed by atoms with E-state index in [9.17, 15) is 0 Å². The zero-order valence-electron chi connectivity index (χ0n) is 10.5. The Labute approximate surface area is 104 Å². The first-order valence-corrected chi connectivity index (χ1v) is 8.77. The van der Waals surface area contributed by atoms with Crippen LogP contribution in [-0.2, 0) is 0 Å². The van der Waals surface area contributed by atoms with E-state index in [4.69, 9.17) is 0 Å². The Kier molecular flexibility index (Phi) is 3.86. The summed E-state index contributed by atoms with van der Waals surface area (Å²) in [5.74, 6) is 4.88. The van der Waals surface area contributed by atoms with Crippen LogP contribution in [0.3, 0.4) is 0 Å². The molecule has 0 saturated heterocycles. The van der Waals surface area contributed by atoms with E-state index in [0.29, 0.717) is 0 Å². The van der Waals surface area contributed by atoms with E-state index in [1.807, 2.05) is 0 Å². The second kappa shape index (κ2) is 5.38. The lowest BCUT2D eigenvalue weighted by Gasteiger charge is -2.13. The number of allylic oxidation sites excluding steroid dienone is 5. The Balaban J connectivity index is 2.27. The summed E-state index contributed by atoms with van der Waals surface area (Å²) in [6.07, 6.45) is 9.75. The minimum atomic E-state index is -1.11. The molecule has 0 saturated carbocycles. The molecule has 0 amide bonds. The number of hydrogen-bond donors (Lipinski definition) is 0. The fourth-order valence-corrected chi connectivity index (χ4v) is 4.07. The lowest BCUT2D eigenvalue weighted by atomic mass is 10.1. The van der Waals surface area contributed by atoms with Crippen LogP contribution in [0.15, 0.2) is 66.0 Å². The third-order valence-electron chi connectivity index (χ3n) is 2.69. The van der Waals surface area contributed by atoms with Crippen LogP contribution in [0.4, 0.5) is 0 Å². The Bertz CT molecular complexity index is 510. The minimum absolute atomic E-state index is 1.07. The van der Waals surface area contributed by atoms with Gasteiger partial charge in [-0.05, 0) is 30.9 Å². The van der Waals surface area contributed by atoms with Gasteiger partial charge in [-0.15, -0.1) is 0 Å². The summed E-state index contributed by atoms with van der Waals surface area (Å²) in [6, 6.07) is 10.6. The molecule has 0 fully saturated rings. The van der Waals surface area contributed by atoms with Crippen LogP contribution in [0, 0.1) is 0 Å². The third-order valence-corrected chi connectivity index (χ3v) is 4.65. The average Bonchev–Trinajstić information content (AvgIpc) is 2.30. The average molecular weight is 242 g/mol. The van der Waals surface area contributed by atoms with Gasteiger partial charge in [0.25, 0.3) is 0 Å². The summed E-state index contributed by atoms with van der Waals surface area (Å²) < 4.78 is 0. The van der Waals surface area contributed by atoms with E-state index in [2.05, 4.69) is 79.6 Å². The second-order valence-electron chi connectivity index (χ2n) is 4.86. The molecule has 0 N–H and O–H groups in total. The van der Waals surface area contributed by atoms with E-state index < -0.39 is 6.89 Å². The Hall–Kier alpha value is -1.26. The molecule has 0 heterocycles. The monoisotopic (exact) mass is 242 g/mol. The number of benzene rings is 1. The highest BCUT2D eigenvalue weighted by atomic mass is 31.2. The highest BCUT2D eigenvalue weighted by molar-refractivity contribution is 7.76. The van der Waals surface area contributed by atoms with Gasteiger partial charge >= 0.3 is 0 Å². The van der Waals surface area contributed by atoms with Crippen molar-refractivity contribution in [2.24, 2.45) is 0 Å². The molecule has 0 nitrogen and oxygen atoms in total. The standard InChI is InChI=1S/C16H19P/c1-17(2,13-15-9-5-3-6-10-15)14-16-11-7-4-8-12-16/h3-11,13-14H,12H2,1-2H3/b16-14-. The van der Waals surface area contributed by atoms with Gasteiger partial charge in [0, 0.05) is 0 Å². The van der Waals surface area contributed by atoms with Crippen LogP contribution in [0.1, 0.15) is 12.0 Å². The molecular formula is C16H19P. The predicted octanol–water partition coefficient (Wildman–Crippen LogP) is 4.51. The summed E-state index contributed by atoms with van der Waals surface area (Å²) in [5, 5.41) is 0. The molecule has 0 aromatic heterocycles. The SMILES string of the molecule is CP(C)(=Cc1ccccc1)/C=C1/C=CC=CC1. The molecular weight excluding hydrogens is 223 g/mol. The van der Waals surface area contributed by atoms with Crippen LogP contribution < -0.4 is 0 Å². The normalized spacial score (nSPS) is 17.4. The van der Waals surface area contributed by atoms with Crippen molar-refractivity contribution in [2.45, 2.75) is 6.42 Å². The topological polar surface area (TPSA) is 0 Å². The van der Waals surface area contributed by atoms with Crippen LogP contribution in [-0.4, -0.2) is 19.1 Å². The van der Waals surface area contributed by atoms with Crippen molar-refractivity contribution in [1.82, 2.24) is 0 Å². The summed E-state index contributed by atoms with van der Waals surface area (Å²) in [7, 11) is 0. The molecule has 1 heteroatoms. The fourth-order valence-electron chi connectivity index (χ4n) is 2.01. The van der Waals surface area contributed by atoms with E-state index in [-0.39, 0.29) is 0 Å².